The van der Waals surface area contributed by atoms with Crippen molar-refractivity contribution < 1.29 is 19.1 Å². The molecule has 0 heterocycles. The Hall–Kier alpha value is -0.970. The predicted octanol–water partition coefficient (Wildman–Crippen LogP) is 3.20. The van der Waals surface area contributed by atoms with E-state index in [1.807, 2.05) is 0 Å². The molecule has 1 aliphatic carbocycles. The van der Waals surface area contributed by atoms with Crippen molar-refractivity contribution in [3.63, 3.8) is 0 Å². The van der Waals surface area contributed by atoms with E-state index in [2.05, 4.69) is 12.2 Å². The van der Waals surface area contributed by atoms with Gasteiger partial charge in [0.1, 0.15) is 11.1 Å². The first-order valence-corrected chi connectivity index (χ1v) is 7.46. The van der Waals surface area contributed by atoms with Crippen LogP contribution < -0.4 is 5.32 Å². The average molecular weight is 306 g/mol. The predicted molar refractivity (Wildman–Crippen MR) is 76.5 cm³/mol. The van der Waals surface area contributed by atoms with Crippen molar-refractivity contribution in [2.24, 2.45) is 5.92 Å². The molecule has 0 saturated heterocycles. The Kier molecular flexibility index (Phi) is 5.68. The topological polar surface area (TPSA) is 64.6 Å². The molecular weight excluding hydrogens is 282 g/mol. The number of alkyl halides is 1. The fourth-order valence-corrected chi connectivity index (χ4v) is 2.42. The molecule has 0 aromatic heterocycles. The quantitative estimate of drug-likeness (QED) is 0.642. The van der Waals surface area contributed by atoms with Gasteiger partial charge in [0.2, 0.25) is 0 Å². The number of ether oxygens (including phenoxy) is 2. The third-order valence-electron chi connectivity index (χ3n) is 3.44. The van der Waals surface area contributed by atoms with Crippen molar-refractivity contribution >= 4 is 23.7 Å². The van der Waals surface area contributed by atoms with Gasteiger partial charge in [0, 0.05) is 0 Å². The number of nitrogens with one attached hydrogen (secondary N) is 1. The van der Waals surface area contributed by atoms with Crippen LogP contribution in [0.3, 0.4) is 0 Å². The van der Waals surface area contributed by atoms with Gasteiger partial charge in [0.25, 0.3) is 0 Å². The molecule has 0 aromatic carbocycles. The van der Waals surface area contributed by atoms with Gasteiger partial charge in [0.15, 0.2) is 6.07 Å². The molecule has 1 aliphatic rings. The number of rotatable bonds is 3. The lowest BCUT2D eigenvalue weighted by Crippen LogP contribution is -2.57. The fraction of sp³-hybridized carbons (Fsp3) is 0.857. The van der Waals surface area contributed by atoms with E-state index in [1.54, 1.807) is 20.8 Å². The second-order valence-corrected chi connectivity index (χ2v) is 6.65. The first kappa shape index (κ1) is 17.1. The van der Waals surface area contributed by atoms with Crippen LogP contribution in [0.15, 0.2) is 0 Å². The third-order valence-corrected chi connectivity index (χ3v) is 3.55. The fourth-order valence-electron chi connectivity index (χ4n) is 2.32. The van der Waals surface area contributed by atoms with Crippen molar-refractivity contribution in [1.82, 2.24) is 5.32 Å². The number of carbonyl (C=O) groups is 2. The normalized spacial score (nSPS) is 26.8. The van der Waals surface area contributed by atoms with Crippen LogP contribution in [0.25, 0.3) is 0 Å². The van der Waals surface area contributed by atoms with Gasteiger partial charge < -0.3 is 14.8 Å². The van der Waals surface area contributed by atoms with Crippen LogP contribution in [-0.2, 0) is 14.3 Å². The monoisotopic (exact) mass is 305 g/mol. The highest BCUT2D eigenvalue weighted by atomic mass is 35.5. The second kappa shape index (κ2) is 6.66. The van der Waals surface area contributed by atoms with Crippen LogP contribution in [0.1, 0.15) is 53.4 Å². The Balaban J connectivity index is 2.78. The van der Waals surface area contributed by atoms with E-state index in [9.17, 15) is 9.59 Å². The molecule has 0 aliphatic heterocycles. The molecule has 1 rings (SSSR count). The summed E-state index contributed by atoms with van der Waals surface area (Å²) in [6.45, 7) is 7.46. The first-order valence-electron chi connectivity index (χ1n) is 6.93. The summed E-state index contributed by atoms with van der Waals surface area (Å²) in [5.41, 5.74) is -1.62. The van der Waals surface area contributed by atoms with E-state index in [0.717, 1.165) is 12.8 Å². The summed E-state index contributed by atoms with van der Waals surface area (Å²) < 4.78 is 10.1. The lowest BCUT2D eigenvalue weighted by molar-refractivity contribution is -0.151. The van der Waals surface area contributed by atoms with Gasteiger partial charge in [-0.2, -0.15) is 0 Å². The minimum Gasteiger partial charge on any atom is -0.448 e. The van der Waals surface area contributed by atoms with E-state index in [-0.39, 0.29) is 6.07 Å². The molecule has 6 heteroatoms. The lowest BCUT2D eigenvalue weighted by Gasteiger charge is -2.37. The van der Waals surface area contributed by atoms with Gasteiger partial charge in [0.05, 0.1) is 0 Å². The number of esters is 1. The van der Waals surface area contributed by atoms with Crippen molar-refractivity contribution in [2.75, 3.05) is 6.07 Å². The summed E-state index contributed by atoms with van der Waals surface area (Å²) in [5.74, 6) is 0.0534. The molecule has 0 spiro atoms. The maximum Gasteiger partial charge on any atom is 0.408 e. The van der Waals surface area contributed by atoms with Gasteiger partial charge in [-0.05, 0) is 52.4 Å². The largest absolute Gasteiger partial charge is 0.448 e. The smallest absolute Gasteiger partial charge is 0.408 e. The maximum atomic E-state index is 12.2. The van der Waals surface area contributed by atoms with Crippen LogP contribution in [0.4, 0.5) is 4.79 Å². The van der Waals surface area contributed by atoms with Crippen molar-refractivity contribution in [1.29, 1.82) is 0 Å². The van der Waals surface area contributed by atoms with Gasteiger partial charge in [-0.1, -0.05) is 18.5 Å². The lowest BCUT2D eigenvalue weighted by atomic mass is 9.77. The standard InChI is InChI=1S/C14H24ClNO4/c1-10-5-7-14(8-6-10,11(17)19-9-15)16-12(18)20-13(2,3)4/h10H,5-9H2,1-4H3,(H,16,18). The molecule has 0 radical (unpaired) electrons. The molecule has 0 aromatic rings. The van der Waals surface area contributed by atoms with E-state index < -0.39 is 23.2 Å². The Bertz CT molecular complexity index is 357. The van der Waals surface area contributed by atoms with Gasteiger partial charge in [-0.3, -0.25) is 0 Å². The van der Waals surface area contributed by atoms with Crippen molar-refractivity contribution in [3.05, 3.63) is 0 Å². The number of amides is 1. The number of alkyl carbamates (subject to hydrolysis) is 1. The number of hydrogen-bond donors (Lipinski definition) is 1. The second-order valence-electron chi connectivity index (χ2n) is 6.43. The van der Waals surface area contributed by atoms with Crippen LogP contribution in [0, 0.1) is 5.92 Å². The molecule has 0 atom stereocenters. The van der Waals surface area contributed by atoms with Crippen molar-refractivity contribution in [2.45, 2.75) is 64.5 Å². The molecule has 0 bridgehead atoms. The summed E-state index contributed by atoms with van der Waals surface area (Å²) in [7, 11) is 0. The first-order chi connectivity index (χ1) is 9.18. The van der Waals surface area contributed by atoms with Crippen LogP contribution >= 0.6 is 11.6 Å². The van der Waals surface area contributed by atoms with Crippen LogP contribution in [-0.4, -0.2) is 29.3 Å². The zero-order valence-corrected chi connectivity index (χ0v) is 13.4. The van der Waals surface area contributed by atoms with Gasteiger partial charge in [-0.15, -0.1) is 0 Å². The number of halogens is 1. The molecule has 5 nitrogen and oxygen atoms in total. The molecule has 1 amide bonds. The zero-order valence-electron chi connectivity index (χ0n) is 12.6. The number of carbonyl (C=O) groups excluding carboxylic acids is 2. The average Bonchev–Trinajstić information content (AvgIpc) is 2.30. The number of hydrogen-bond acceptors (Lipinski definition) is 4. The Morgan fingerprint density at radius 2 is 1.85 bits per heavy atom. The van der Waals surface area contributed by atoms with Crippen molar-refractivity contribution in [3.8, 4) is 0 Å². The van der Waals surface area contributed by atoms with Gasteiger partial charge >= 0.3 is 12.1 Å². The Labute approximate surface area is 125 Å². The SMILES string of the molecule is CC1CCC(NC(=O)OC(C)(C)C)(C(=O)OCCl)CC1. The zero-order chi connectivity index (χ0) is 15.4. The Morgan fingerprint density at radius 1 is 1.30 bits per heavy atom. The minimum atomic E-state index is -1.01. The van der Waals surface area contributed by atoms with Crippen LogP contribution in [0.2, 0.25) is 0 Å². The summed E-state index contributed by atoms with van der Waals surface area (Å²) in [4.78, 5) is 24.1. The van der Waals surface area contributed by atoms with E-state index in [4.69, 9.17) is 21.1 Å². The highest BCUT2D eigenvalue weighted by molar-refractivity contribution is 6.17. The molecule has 20 heavy (non-hydrogen) atoms. The maximum absolute atomic E-state index is 12.2. The van der Waals surface area contributed by atoms with E-state index in [0.29, 0.717) is 18.8 Å². The summed E-state index contributed by atoms with van der Waals surface area (Å²) in [6.07, 6.45) is 2.20. The molecule has 116 valence electrons. The highest BCUT2D eigenvalue weighted by Crippen LogP contribution is 2.33. The van der Waals surface area contributed by atoms with E-state index in [1.165, 1.54) is 0 Å². The molecule has 0 unspecified atom stereocenters. The molecule has 1 saturated carbocycles. The summed E-state index contributed by atoms with van der Waals surface area (Å²) >= 11 is 5.46. The van der Waals surface area contributed by atoms with Gasteiger partial charge in [-0.25, -0.2) is 9.59 Å². The summed E-state index contributed by atoms with van der Waals surface area (Å²) in [6, 6.07) is -0.216. The summed E-state index contributed by atoms with van der Waals surface area (Å²) in [5, 5.41) is 2.70. The Morgan fingerprint density at radius 3 is 2.30 bits per heavy atom. The molecular formula is C14H24ClNO4. The molecule has 1 N–H and O–H groups in total. The molecule has 1 fully saturated rings. The van der Waals surface area contributed by atoms with Crippen LogP contribution in [0.5, 0.6) is 0 Å². The highest BCUT2D eigenvalue weighted by Gasteiger charge is 2.44. The third kappa shape index (κ3) is 4.85. The minimum absolute atomic E-state index is 0.216. The van der Waals surface area contributed by atoms with E-state index >= 15 is 0 Å².